The molecule has 1 aliphatic rings. The molecule has 0 amide bonds. The minimum atomic E-state index is 0.290. The summed E-state index contributed by atoms with van der Waals surface area (Å²) in [7, 11) is 0. The Morgan fingerprint density at radius 1 is 1.44 bits per heavy atom. The average Bonchev–Trinajstić information content (AvgIpc) is 2.89. The van der Waals surface area contributed by atoms with Crippen molar-refractivity contribution in [3.63, 3.8) is 0 Å². The van der Waals surface area contributed by atoms with Crippen LogP contribution < -0.4 is 4.74 Å². The van der Waals surface area contributed by atoms with E-state index >= 15 is 0 Å². The molecular weight excluding hydrogens is 224 g/mol. The quantitative estimate of drug-likeness (QED) is 0.782. The first-order chi connectivity index (χ1) is 8.70. The normalized spacial score (nSPS) is 20.9. The van der Waals surface area contributed by atoms with Gasteiger partial charge in [0.25, 0.3) is 0 Å². The lowest BCUT2D eigenvalue weighted by Gasteiger charge is -2.15. The van der Waals surface area contributed by atoms with Gasteiger partial charge in [-0.25, -0.2) is 0 Å². The zero-order valence-corrected chi connectivity index (χ0v) is 11.7. The second kappa shape index (κ2) is 6.24. The van der Waals surface area contributed by atoms with Crippen LogP contribution in [-0.4, -0.2) is 19.3 Å². The van der Waals surface area contributed by atoms with Crippen LogP contribution in [0.3, 0.4) is 0 Å². The van der Waals surface area contributed by atoms with E-state index in [1.165, 1.54) is 24.0 Å². The molecule has 1 heterocycles. The van der Waals surface area contributed by atoms with Gasteiger partial charge in [0.05, 0.1) is 6.10 Å². The van der Waals surface area contributed by atoms with Gasteiger partial charge < -0.3 is 9.47 Å². The first kappa shape index (κ1) is 13.4. The van der Waals surface area contributed by atoms with Gasteiger partial charge in [-0.3, -0.25) is 0 Å². The highest BCUT2D eigenvalue weighted by Crippen LogP contribution is 2.26. The lowest BCUT2D eigenvalue weighted by atomic mass is 9.97. The molecule has 1 saturated heterocycles. The maximum Gasteiger partial charge on any atom is 0.122 e. The molecule has 0 saturated carbocycles. The molecular formula is C16H24O2. The zero-order chi connectivity index (χ0) is 13.0. The molecule has 0 bridgehead atoms. The largest absolute Gasteiger partial charge is 0.491 e. The van der Waals surface area contributed by atoms with Gasteiger partial charge in [-0.15, -0.1) is 0 Å². The van der Waals surface area contributed by atoms with Crippen LogP contribution in [-0.2, 0) is 4.74 Å². The van der Waals surface area contributed by atoms with Gasteiger partial charge in [0, 0.05) is 6.61 Å². The standard InChI is InChI=1S/C16H24O2/c1-4-12(2)14-7-8-16(13(3)10-14)18-11-15-6-5-9-17-15/h7-8,10,12,15H,4-6,9,11H2,1-3H3. The maximum atomic E-state index is 5.86. The highest BCUT2D eigenvalue weighted by atomic mass is 16.5. The Bertz CT molecular complexity index is 381. The fourth-order valence-corrected chi connectivity index (χ4v) is 2.34. The lowest BCUT2D eigenvalue weighted by Crippen LogP contribution is -2.16. The summed E-state index contributed by atoms with van der Waals surface area (Å²) in [6.45, 7) is 8.18. The Labute approximate surface area is 110 Å². The maximum absolute atomic E-state index is 5.86. The van der Waals surface area contributed by atoms with Crippen molar-refractivity contribution in [2.45, 2.75) is 52.1 Å². The minimum absolute atomic E-state index is 0.290. The van der Waals surface area contributed by atoms with Gasteiger partial charge >= 0.3 is 0 Å². The van der Waals surface area contributed by atoms with Gasteiger partial charge in [-0.1, -0.05) is 26.0 Å². The molecule has 0 spiro atoms. The van der Waals surface area contributed by atoms with E-state index in [0.717, 1.165) is 18.8 Å². The van der Waals surface area contributed by atoms with Crippen molar-refractivity contribution in [2.24, 2.45) is 0 Å². The van der Waals surface area contributed by atoms with Crippen LogP contribution in [0.1, 0.15) is 50.2 Å². The molecule has 2 atom stereocenters. The molecule has 100 valence electrons. The molecule has 0 N–H and O–H groups in total. The van der Waals surface area contributed by atoms with Crippen molar-refractivity contribution in [3.05, 3.63) is 29.3 Å². The smallest absolute Gasteiger partial charge is 0.122 e. The van der Waals surface area contributed by atoms with E-state index in [0.29, 0.717) is 18.6 Å². The van der Waals surface area contributed by atoms with Crippen molar-refractivity contribution >= 4 is 0 Å². The highest BCUT2D eigenvalue weighted by Gasteiger charge is 2.16. The average molecular weight is 248 g/mol. The molecule has 1 fully saturated rings. The Kier molecular flexibility index (Phi) is 4.65. The predicted molar refractivity (Wildman–Crippen MR) is 74.4 cm³/mol. The summed E-state index contributed by atoms with van der Waals surface area (Å²) in [5, 5.41) is 0. The SMILES string of the molecule is CCC(C)c1ccc(OCC2CCCO2)c(C)c1. The Balaban J connectivity index is 1.96. The van der Waals surface area contributed by atoms with Gasteiger partial charge in [0.15, 0.2) is 0 Å². The molecule has 2 rings (SSSR count). The van der Waals surface area contributed by atoms with Crippen molar-refractivity contribution in [1.82, 2.24) is 0 Å². The van der Waals surface area contributed by atoms with Crippen LogP contribution >= 0.6 is 0 Å². The Hall–Kier alpha value is -1.02. The Morgan fingerprint density at radius 3 is 2.89 bits per heavy atom. The number of rotatable bonds is 5. The fourth-order valence-electron chi connectivity index (χ4n) is 2.34. The fraction of sp³-hybridized carbons (Fsp3) is 0.625. The van der Waals surface area contributed by atoms with Crippen molar-refractivity contribution < 1.29 is 9.47 Å². The number of benzene rings is 1. The van der Waals surface area contributed by atoms with E-state index in [9.17, 15) is 0 Å². The van der Waals surface area contributed by atoms with Gasteiger partial charge in [0.1, 0.15) is 12.4 Å². The van der Waals surface area contributed by atoms with E-state index in [-0.39, 0.29) is 0 Å². The highest BCUT2D eigenvalue weighted by molar-refractivity contribution is 5.37. The van der Waals surface area contributed by atoms with E-state index in [1.54, 1.807) is 0 Å². The molecule has 2 unspecified atom stereocenters. The topological polar surface area (TPSA) is 18.5 Å². The zero-order valence-electron chi connectivity index (χ0n) is 11.7. The summed E-state index contributed by atoms with van der Waals surface area (Å²) in [5.74, 6) is 1.62. The van der Waals surface area contributed by atoms with E-state index < -0.39 is 0 Å². The molecule has 0 aromatic heterocycles. The van der Waals surface area contributed by atoms with Crippen LogP contribution in [0.2, 0.25) is 0 Å². The third-order valence-electron chi connectivity index (χ3n) is 3.83. The third kappa shape index (κ3) is 3.26. The van der Waals surface area contributed by atoms with Crippen molar-refractivity contribution in [1.29, 1.82) is 0 Å². The van der Waals surface area contributed by atoms with Crippen LogP contribution in [0.4, 0.5) is 0 Å². The summed E-state index contributed by atoms with van der Waals surface area (Å²) in [6.07, 6.45) is 3.76. The van der Waals surface area contributed by atoms with E-state index in [2.05, 4.69) is 39.0 Å². The molecule has 1 aromatic carbocycles. The molecule has 0 radical (unpaired) electrons. The first-order valence-corrected chi connectivity index (χ1v) is 7.05. The molecule has 1 aromatic rings. The van der Waals surface area contributed by atoms with Gasteiger partial charge in [-0.2, -0.15) is 0 Å². The predicted octanol–water partition coefficient (Wildman–Crippen LogP) is 4.07. The molecule has 1 aliphatic heterocycles. The summed E-state index contributed by atoms with van der Waals surface area (Å²) in [5.41, 5.74) is 2.63. The van der Waals surface area contributed by atoms with Gasteiger partial charge in [-0.05, 0) is 49.3 Å². The summed E-state index contributed by atoms with van der Waals surface area (Å²) in [6, 6.07) is 6.54. The molecule has 2 heteroatoms. The van der Waals surface area contributed by atoms with E-state index in [4.69, 9.17) is 9.47 Å². The molecule has 0 aliphatic carbocycles. The number of hydrogen-bond donors (Lipinski definition) is 0. The number of ether oxygens (including phenoxy) is 2. The molecule has 2 nitrogen and oxygen atoms in total. The van der Waals surface area contributed by atoms with Crippen LogP contribution in [0, 0.1) is 6.92 Å². The van der Waals surface area contributed by atoms with Crippen molar-refractivity contribution in [3.8, 4) is 5.75 Å². The monoisotopic (exact) mass is 248 g/mol. The Morgan fingerprint density at radius 2 is 2.28 bits per heavy atom. The van der Waals surface area contributed by atoms with Gasteiger partial charge in [0.2, 0.25) is 0 Å². The number of aryl methyl sites for hydroxylation is 1. The first-order valence-electron chi connectivity index (χ1n) is 7.05. The lowest BCUT2D eigenvalue weighted by molar-refractivity contribution is 0.0677. The third-order valence-corrected chi connectivity index (χ3v) is 3.83. The summed E-state index contributed by atoms with van der Waals surface area (Å²) in [4.78, 5) is 0. The van der Waals surface area contributed by atoms with Crippen LogP contribution in [0.5, 0.6) is 5.75 Å². The summed E-state index contributed by atoms with van der Waals surface area (Å²) < 4.78 is 11.4. The second-order valence-electron chi connectivity index (χ2n) is 5.28. The number of hydrogen-bond acceptors (Lipinski definition) is 2. The molecule has 18 heavy (non-hydrogen) atoms. The van der Waals surface area contributed by atoms with E-state index in [1.807, 2.05) is 0 Å². The second-order valence-corrected chi connectivity index (χ2v) is 5.28. The van der Waals surface area contributed by atoms with Crippen LogP contribution in [0.15, 0.2) is 18.2 Å². The van der Waals surface area contributed by atoms with Crippen molar-refractivity contribution in [2.75, 3.05) is 13.2 Å². The van der Waals surface area contributed by atoms with Crippen LogP contribution in [0.25, 0.3) is 0 Å². The summed E-state index contributed by atoms with van der Waals surface area (Å²) >= 11 is 0. The minimum Gasteiger partial charge on any atom is -0.491 e.